The second-order valence-corrected chi connectivity index (χ2v) is 6.03. The number of carbonyl (C=O) groups excluding carboxylic acids is 1. The Balaban J connectivity index is 1.77. The summed E-state index contributed by atoms with van der Waals surface area (Å²) in [7, 11) is 1.82. The molecule has 1 heterocycles. The first-order chi connectivity index (χ1) is 8.59. The largest absolute Gasteiger partial charge is 0.388 e. The minimum atomic E-state index is -0.621. The number of aliphatic hydroxyl groups is 1. The molecule has 1 unspecified atom stereocenters. The fourth-order valence-electron chi connectivity index (χ4n) is 3.19. The predicted molar refractivity (Wildman–Crippen MR) is 71.3 cm³/mol. The van der Waals surface area contributed by atoms with Gasteiger partial charge in [0.05, 0.1) is 5.60 Å². The second kappa shape index (κ2) is 6.02. The van der Waals surface area contributed by atoms with Crippen LogP contribution in [0.15, 0.2) is 0 Å². The SMILES string of the molecule is CN(CC1(O)CCCC1)C(=O)CC1CCCCN1. The van der Waals surface area contributed by atoms with Gasteiger partial charge < -0.3 is 15.3 Å². The number of piperidine rings is 1. The van der Waals surface area contributed by atoms with E-state index in [1.165, 1.54) is 12.8 Å². The van der Waals surface area contributed by atoms with E-state index in [1.54, 1.807) is 4.90 Å². The molecule has 1 atom stereocenters. The smallest absolute Gasteiger partial charge is 0.223 e. The van der Waals surface area contributed by atoms with E-state index in [0.717, 1.165) is 38.6 Å². The van der Waals surface area contributed by atoms with Crippen LogP contribution < -0.4 is 5.32 Å². The fourth-order valence-corrected chi connectivity index (χ4v) is 3.19. The molecule has 0 aromatic carbocycles. The van der Waals surface area contributed by atoms with Gasteiger partial charge in [-0.1, -0.05) is 19.3 Å². The van der Waals surface area contributed by atoms with Crippen LogP contribution in [0, 0.1) is 0 Å². The van der Waals surface area contributed by atoms with Crippen LogP contribution in [0.3, 0.4) is 0 Å². The van der Waals surface area contributed by atoms with Crippen molar-refractivity contribution in [3.63, 3.8) is 0 Å². The van der Waals surface area contributed by atoms with Gasteiger partial charge in [-0.05, 0) is 32.2 Å². The third kappa shape index (κ3) is 3.69. The number of hydrogen-bond donors (Lipinski definition) is 2. The van der Waals surface area contributed by atoms with Gasteiger partial charge in [0.2, 0.25) is 5.91 Å². The highest BCUT2D eigenvalue weighted by atomic mass is 16.3. The van der Waals surface area contributed by atoms with Crippen molar-refractivity contribution in [1.29, 1.82) is 0 Å². The molecule has 2 aliphatic rings. The average Bonchev–Trinajstić information content (AvgIpc) is 2.77. The quantitative estimate of drug-likeness (QED) is 0.794. The zero-order valence-electron chi connectivity index (χ0n) is 11.5. The zero-order chi connectivity index (χ0) is 13.0. The molecular weight excluding hydrogens is 228 g/mol. The molecule has 1 saturated carbocycles. The number of carbonyl (C=O) groups is 1. The lowest BCUT2D eigenvalue weighted by atomic mass is 9.99. The first-order valence-electron chi connectivity index (χ1n) is 7.29. The van der Waals surface area contributed by atoms with Gasteiger partial charge in [0.15, 0.2) is 0 Å². The molecule has 0 radical (unpaired) electrons. The van der Waals surface area contributed by atoms with Crippen molar-refractivity contribution in [2.24, 2.45) is 0 Å². The van der Waals surface area contributed by atoms with E-state index in [4.69, 9.17) is 0 Å². The number of nitrogens with zero attached hydrogens (tertiary/aromatic N) is 1. The van der Waals surface area contributed by atoms with E-state index in [0.29, 0.717) is 19.0 Å². The van der Waals surface area contributed by atoms with Gasteiger partial charge in [0.25, 0.3) is 0 Å². The van der Waals surface area contributed by atoms with Crippen molar-refractivity contribution < 1.29 is 9.90 Å². The third-order valence-electron chi connectivity index (χ3n) is 4.32. The van der Waals surface area contributed by atoms with Crippen LogP contribution in [0.25, 0.3) is 0 Å². The Bertz CT molecular complexity index is 282. The van der Waals surface area contributed by atoms with Gasteiger partial charge in [-0.3, -0.25) is 4.79 Å². The molecule has 104 valence electrons. The molecule has 2 rings (SSSR count). The maximum absolute atomic E-state index is 12.1. The van der Waals surface area contributed by atoms with Gasteiger partial charge >= 0.3 is 0 Å². The Morgan fingerprint density at radius 3 is 2.67 bits per heavy atom. The summed E-state index contributed by atoms with van der Waals surface area (Å²) in [6.07, 6.45) is 7.97. The van der Waals surface area contributed by atoms with Crippen LogP contribution in [0.5, 0.6) is 0 Å². The summed E-state index contributed by atoms with van der Waals surface area (Å²) in [5, 5.41) is 13.7. The summed E-state index contributed by atoms with van der Waals surface area (Å²) in [4.78, 5) is 13.8. The van der Waals surface area contributed by atoms with E-state index >= 15 is 0 Å². The highest BCUT2D eigenvalue weighted by molar-refractivity contribution is 5.76. The Kier molecular flexibility index (Phi) is 4.62. The van der Waals surface area contributed by atoms with Crippen molar-refractivity contribution in [1.82, 2.24) is 10.2 Å². The first-order valence-corrected chi connectivity index (χ1v) is 7.29. The van der Waals surface area contributed by atoms with Gasteiger partial charge in [0, 0.05) is 26.1 Å². The first kappa shape index (κ1) is 13.8. The average molecular weight is 254 g/mol. The van der Waals surface area contributed by atoms with Crippen LogP contribution in [0.2, 0.25) is 0 Å². The van der Waals surface area contributed by atoms with Crippen LogP contribution in [-0.2, 0) is 4.79 Å². The molecule has 2 N–H and O–H groups in total. The molecule has 1 saturated heterocycles. The van der Waals surface area contributed by atoms with Gasteiger partial charge in [-0.15, -0.1) is 0 Å². The number of nitrogens with one attached hydrogen (secondary N) is 1. The van der Waals surface area contributed by atoms with E-state index in [-0.39, 0.29) is 5.91 Å². The highest BCUT2D eigenvalue weighted by Crippen LogP contribution is 2.30. The maximum atomic E-state index is 12.1. The number of likely N-dealkylation sites (N-methyl/N-ethyl adjacent to an activating group) is 1. The number of amides is 1. The van der Waals surface area contributed by atoms with E-state index in [9.17, 15) is 9.90 Å². The molecule has 0 spiro atoms. The molecule has 4 heteroatoms. The summed E-state index contributed by atoms with van der Waals surface area (Å²) in [5.41, 5.74) is -0.621. The second-order valence-electron chi connectivity index (χ2n) is 6.03. The lowest BCUT2D eigenvalue weighted by Gasteiger charge is -2.30. The summed E-state index contributed by atoms with van der Waals surface area (Å²) < 4.78 is 0. The predicted octanol–water partition coefficient (Wildman–Crippen LogP) is 1.28. The minimum absolute atomic E-state index is 0.162. The Morgan fingerprint density at radius 2 is 2.06 bits per heavy atom. The van der Waals surface area contributed by atoms with Crippen LogP contribution in [-0.4, -0.2) is 47.7 Å². The Morgan fingerprint density at radius 1 is 1.33 bits per heavy atom. The Labute approximate surface area is 110 Å². The molecule has 0 bridgehead atoms. The minimum Gasteiger partial charge on any atom is -0.388 e. The van der Waals surface area contributed by atoms with Crippen LogP contribution >= 0.6 is 0 Å². The molecule has 18 heavy (non-hydrogen) atoms. The molecule has 0 aromatic heterocycles. The summed E-state index contributed by atoms with van der Waals surface area (Å²) in [6.45, 7) is 1.53. The molecule has 2 fully saturated rings. The molecule has 4 nitrogen and oxygen atoms in total. The fraction of sp³-hybridized carbons (Fsp3) is 0.929. The molecule has 1 aliphatic carbocycles. The maximum Gasteiger partial charge on any atom is 0.223 e. The number of hydrogen-bond acceptors (Lipinski definition) is 3. The van der Waals surface area contributed by atoms with Gasteiger partial charge in [-0.25, -0.2) is 0 Å². The summed E-state index contributed by atoms with van der Waals surface area (Å²) in [5.74, 6) is 0.162. The van der Waals surface area contributed by atoms with Crippen molar-refractivity contribution >= 4 is 5.91 Å². The lowest BCUT2D eigenvalue weighted by Crippen LogP contribution is -2.45. The lowest BCUT2D eigenvalue weighted by molar-refractivity contribution is -0.133. The molecule has 1 aliphatic heterocycles. The van der Waals surface area contributed by atoms with E-state index < -0.39 is 5.60 Å². The van der Waals surface area contributed by atoms with Crippen LogP contribution in [0.4, 0.5) is 0 Å². The van der Waals surface area contributed by atoms with Crippen molar-refractivity contribution in [2.75, 3.05) is 20.1 Å². The van der Waals surface area contributed by atoms with E-state index in [1.807, 2.05) is 7.05 Å². The van der Waals surface area contributed by atoms with Crippen molar-refractivity contribution in [3.8, 4) is 0 Å². The third-order valence-corrected chi connectivity index (χ3v) is 4.32. The van der Waals surface area contributed by atoms with Crippen molar-refractivity contribution in [2.45, 2.75) is 63.0 Å². The van der Waals surface area contributed by atoms with Crippen LogP contribution in [0.1, 0.15) is 51.4 Å². The van der Waals surface area contributed by atoms with Gasteiger partial charge in [-0.2, -0.15) is 0 Å². The van der Waals surface area contributed by atoms with Crippen molar-refractivity contribution in [3.05, 3.63) is 0 Å². The zero-order valence-corrected chi connectivity index (χ0v) is 11.5. The van der Waals surface area contributed by atoms with E-state index in [2.05, 4.69) is 5.32 Å². The molecule has 1 amide bonds. The standard InChI is InChI=1S/C14H26N2O2/c1-16(11-14(18)7-3-4-8-14)13(17)10-12-6-2-5-9-15-12/h12,15,18H,2-11H2,1H3. The summed E-state index contributed by atoms with van der Waals surface area (Å²) in [6, 6.07) is 0.340. The Hall–Kier alpha value is -0.610. The number of rotatable bonds is 4. The monoisotopic (exact) mass is 254 g/mol. The summed E-state index contributed by atoms with van der Waals surface area (Å²) >= 11 is 0. The molecular formula is C14H26N2O2. The molecule has 0 aromatic rings. The topological polar surface area (TPSA) is 52.6 Å². The van der Waals surface area contributed by atoms with Gasteiger partial charge in [0.1, 0.15) is 0 Å². The highest BCUT2D eigenvalue weighted by Gasteiger charge is 2.33. The normalized spacial score (nSPS) is 27.1.